The fourth-order valence-corrected chi connectivity index (χ4v) is 2.64. The lowest BCUT2D eigenvalue weighted by Crippen LogP contribution is -2.03. The van der Waals surface area contributed by atoms with E-state index in [0.29, 0.717) is 16.4 Å². The van der Waals surface area contributed by atoms with Gasteiger partial charge in [-0.1, -0.05) is 11.6 Å². The van der Waals surface area contributed by atoms with E-state index in [1.807, 2.05) is 30.5 Å². The lowest BCUT2D eigenvalue weighted by molar-refractivity contribution is 0.470. The number of phenols is 1. The van der Waals surface area contributed by atoms with Gasteiger partial charge in [0.2, 0.25) is 0 Å². The van der Waals surface area contributed by atoms with Crippen LogP contribution in [0, 0.1) is 5.82 Å². The van der Waals surface area contributed by atoms with E-state index in [1.165, 1.54) is 12.1 Å². The number of aromatic hydroxyl groups is 1. The number of hydrogen-bond acceptors (Lipinski definition) is 2. The topological polar surface area (TPSA) is 38.0 Å². The molecule has 1 N–H and O–H groups in total. The number of hydrogen-bond donors (Lipinski definition) is 1. The first-order valence-corrected chi connectivity index (χ1v) is 7.01. The van der Waals surface area contributed by atoms with Gasteiger partial charge in [-0.2, -0.15) is 0 Å². The lowest BCUT2D eigenvalue weighted by Gasteiger charge is -2.14. The zero-order valence-corrected chi connectivity index (χ0v) is 12.4. The van der Waals surface area contributed by atoms with Crippen molar-refractivity contribution in [1.82, 2.24) is 9.55 Å². The number of rotatable bonds is 2. The zero-order chi connectivity index (χ0) is 15.1. The van der Waals surface area contributed by atoms with Crippen LogP contribution in [-0.4, -0.2) is 14.7 Å². The van der Waals surface area contributed by atoms with Crippen LogP contribution in [0.2, 0.25) is 5.02 Å². The summed E-state index contributed by atoms with van der Waals surface area (Å²) in [4.78, 5) is 4.56. The highest BCUT2D eigenvalue weighted by atomic mass is 35.5. The average Bonchev–Trinajstić information content (AvgIpc) is 2.76. The van der Waals surface area contributed by atoms with E-state index >= 15 is 0 Å². The Kier molecular flexibility index (Phi) is 3.33. The van der Waals surface area contributed by atoms with Gasteiger partial charge in [-0.25, -0.2) is 9.37 Å². The van der Waals surface area contributed by atoms with Crippen LogP contribution in [0.25, 0.3) is 22.4 Å². The average molecular weight is 305 g/mol. The second-order valence-electron chi connectivity index (χ2n) is 5.19. The quantitative estimate of drug-likeness (QED) is 0.739. The molecule has 0 bridgehead atoms. The number of aromatic nitrogens is 2. The number of phenolic OH excluding ortho intramolecular Hbond substituents is 1. The van der Waals surface area contributed by atoms with Gasteiger partial charge >= 0.3 is 0 Å². The Morgan fingerprint density at radius 2 is 1.95 bits per heavy atom. The van der Waals surface area contributed by atoms with Crippen LogP contribution in [-0.2, 0) is 0 Å². The Bertz CT molecular complexity index is 827. The van der Waals surface area contributed by atoms with Gasteiger partial charge in [-0.3, -0.25) is 0 Å². The minimum atomic E-state index is -0.480. The Hall–Kier alpha value is -2.07. The highest BCUT2D eigenvalue weighted by Crippen LogP contribution is 2.34. The third-order valence-corrected chi connectivity index (χ3v) is 3.60. The van der Waals surface area contributed by atoms with Crippen LogP contribution in [0.5, 0.6) is 5.75 Å². The van der Waals surface area contributed by atoms with E-state index < -0.39 is 5.82 Å². The summed E-state index contributed by atoms with van der Waals surface area (Å²) < 4.78 is 15.2. The molecular weight excluding hydrogens is 291 g/mol. The SMILES string of the molecule is CC(C)n1c(-c2ccc(F)cc2O)nc2ccc(Cl)cc21. The maximum Gasteiger partial charge on any atom is 0.145 e. The predicted octanol–water partition coefficient (Wildman–Crippen LogP) is 4.78. The monoisotopic (exact) mass is 304 g/mol. The number of nitrogens with zero attached hydrogens (tertiary/aromatic N) is 2. The lowest BCUT2D eigenvalue weighted by atomic mass is 10.1. The molecule has 1 heterocycles. The molecule has 0 fully saturated rings. The molecule has 0 atom stereocenters. The number of fused-ring (bicyclic) bond motifs is 1. The van der Waals surface area contributed by atoms with E-state index in [4.69, 9.17) is 11.6 Å². The molecule has 0 aliphatic rings. The van der Waals surface area contributed by atoms with Crippen molar-refractivity contribution >= 4 is 22.6 Å². The van der Waals surface area contributed by atoms with Crippen LogP contribution in [0.3, 0.4) is 0 Å². The molecule has 108 valence electrons. The first-order chi connectivity index (χ1) is 9.97. The third kappa shape index (κ3) is 2.36. The molecule has 3 aromatic rings. The third-order valence-electron chi connectivity index (χ3n) is 3.37. The van der Waals surface area contributed by atoms with Crippen molar-refractivity contribution in [3.8, 4) is 17.1 Å². The molecule has 5 heteroatoms. The van der Waals surface area contributed by atoms with Crippen molar-refractivity contribution in [2.75, 3.05) is 0 Å². The molecule has 2 aromatic carbocycles. The van der Waals surface area contributed by atoms with Crippen LogP contribution in [0.4, 0.5) is 4.39 Å². The normalized spacial score (nSPS) is 11.5. The summed E-state index contributed by atoms with van der Waals surface area (Å²) in [6, 6.07) is 9.50. The molecule has 0 amide bonds. The standard InChI is InChI=1S/C16H14ClFN2O/c1-9(2)20-14-7-10(17)3-6-13(14)19-16(20)12-5-4-11(18)8-15(12)21/h3-9,21H,1-2H3. The maximum absolute atomic E-state index is 13.2. The van der Waals surface area contributed by atoms with Gasteiger partial charge in [-0.05, 0) is 44.2 Å². The first-order valence-electron chi connectivity index (χ1n) is 6.63. The second kappa shape index (κ2) is 5.04. The molecule has 1 aromatic heterocycles. The summed E-state index contributed by atoms with van der Waals surface area (Å²) in [5.41, 5.74) is 2.17. The van der Waals surface area contributed by atoms with E-state index in [1.54, 1.807) is 6.07 Å². The van der Waals surface area contributed by atoms with Crippen LogP contribution >= 0.6 is 11.6 Å². The van der Waals surface area contributed by atoms with Gasteiger partial charge in [0.15, 0.2) is 0 Å². The molecule has 0 aliphatic heterocycles. The van der Waals surface area contributed by atoms with Gasteiger partial charge in [-0.15, -0.1) is 0 Å². The summed E-state index contributed by atoms with van der Waals surface area (Å²) in [7, 11) is 0. The number of imidazole rings is 1. The fraction of sp³-hybridized carbons (Fsp3) is 0.188. The van der Waals surface area contributed by atoms with Gasteiger partial charge < -0.3 is 9.67 Å². The Balaban J connectivity index is 2.34. The van der Waals surface area contributed by atoms with Gasteiger partial charge in [0.1, 0.15) is 17.4 Å². The van der Waals surface area contributed by atoms with Gasteiger partial charge in [0.25, 0.3) is 0 Å². The first kappa shape index (κ1) is 13.9. The van der Waals surface area contributed by atoms with Crippen molar-refractivity contribution in [1.29, 1.82) is 0 Å². The summed E-state index contributed by atoms with van der Waals surface area (Å²) >= 11 is 6.06. The molecule has 3 rings (SSSR count). The molecule has 0 spiro atoms. The highest BCUT2D eigenvalue weighted by molar-refractivity contribution is 6.31. The minimum Gasteiger partial charge on any atom is -0.507 e. The molecule has 0 saturated carbocycles. The van der Waals surface area contributed by atoms with Crippen molar-refractivity contribution in [3.05, 3.63) is 47.2 Å². The van der Waals surface area contributed by atoms with E-state index in [9.17, 15) is 9.50 Å². The molecule has 0 aliphatic carbocycles. The van der Waals surface area contributed by atoms with E-state index in [-0.39, 0.29) is 11.8 Å². The molecule has 0 radical (unpaired) electrons. The maximum atomic E-state index is 13.2. The fourth-order valence-electron chi connectivity index (χ4n) is 2.47. The molecular formula is C16H14ClFN2O. The Labute approximate surface area is 126 Å². The molecule has 21 heavy (non-hydrogen) atoms. The van der Waals surface area contributed by atoms with E-state index in [0.717, 1.165) is 17.1 Å². The molecule has 3 nitrogen and oxygen atoms in total. The summed E-state index contributed by atoms with van der Waals surface area (Å²) in [5, 5.41) is 10.6. The highest BCUT2D eigenvalue weighted by Gasteiger charge is 2.18. The molecule has 0 unspecified atom stereocenters. The van der Waals surface area contributed by atoms with Gasteiger partial charge in [0.05, 0.1) is 16.6 Å². The Morgan fingerprint density at radius 1 is 1.19 bits per heavy atom. The molecule has 0 saturated heterocycles. The van der Waals surface area contributed by atoms with E-state index in [2.05, 4.69) is 4.98 Å². The summed E-state index contributed by atoms with van der Waals surface area (Å²) in [6.45, 7) is 4.04. The smallest absolute Gasteiger partial charge is 0.145 e. The summed E-state index contributed by atoms with van der Waals surface area (Å²) in [6.07, 6.45) is 0. The zero-order valence-electron chi connectivity index (χ0n) is 11.6. The van der Waals surface area contributed by atoms with Crippen LogP contribution < -0.4 is 0 Å². The van der Waals surface area contributed by atoms with Crippen LogP contribution in [0.1, 0.15) is 19.9 Å². The van der Waals surface area contributed by atoms with Gasteiger partial charge in [0, 0.05) is 17.1 Å². The minimum absolute atomic E-state index is 0.118. The van der Waals surface area contributed by atoms with Crippen LogP contribution in [0.15, 0.2) is 36.4 Å². The summed E-state index contributed by atoms with van der Waals surface area (Å²) in [5.74, 6) is -0.00966. The largest absolute Gasteiger partial charge is 0.507 e. The van der Waals surface area contributed by atoms with Crippen molar-refractivity contribution in [2.24, 2.45) is 0 Å². The number of benzene rings is 2. The second-order valence-corrected chi connectivity index (χ2v) is 5.63. The predicted molar refractivity (Wildman–Crippen MR) is 82.2 cm³/mol. The van der Waals surface area contributed by atoms with Crippen molar-refractivity contribution in [2.45, 2.75) is 19.9 Å². The van der Waals surface area contributed by atoms with Crippen molar-refractivity contribution < 1.29 is 9.50 Å². The van der Waals surface area contributed by atoms with Crippen molar-refractivity contribution in [3.63, 3.8) is 0 Å². The number of halogens is 2. The Morgan fingerprint density at radius 3 is 2.62 bits per heavy atom.